The van der Waals surface area contributed by atoms with Gasteiger partial charge in [-0.2, -0.15) is 0 Å². The van der Waals surface area contributed by atoms with Gasteiger partial charge in [-0.1, -0.05) is 12.8 Å². The lowest BCUT2D eigenvalue weighted by Crippen LogP contribution is -2.34. The van der Waals surface area contributed by atoms with Crippen molar-refractivity contribution in [2.24, 2.45) is 11.8 Å². The number of hydrogen-bond acceptors (Lipinski definition) is 1. The van der Waals surface area contributed by atoms with Gasteiger partial charge in [0.2, 0.25) is 0 Å². The predicted molar refractivity (Wildman–Crippen MR) is 47.5 cm³/mol. The summed E-state index contributed by atoms with van der Waals surface area (Å²) in [4.78, 5) is 0. The average molecular weight is 153 g/mol. The van der Waals surface area contributed by atoms with Crippen LogP contribution in [0.5, 0.6) is 0 Å². The van der Waals surface area contributed by atoms with E-state index in [0.717, 1.165) is 17.9 Å². The molecule has 2 aliphatic carbocycles. The van der Waals surface area contributed by atoms with Gasteiger partial charge >= 0.3 is 0 Å². The normalized spacial score (nSPS) is 29.2. The first-order valence-electron chi connectivity index (χ1n) is 5.09. The zero-order chi connectivity index (χ0) is 7.68. The second-order valence-electron chi connectivity index (χ2n) is 4.20. The van der Waals surface area contributed by atoms with Crippen LogP contribution in [0.2, 0.25) is 0 Å². The minimum atomic E-state index is 0.873. The zero-order valence-corrected chi connectivity index (χ0v) is 7.47. The zero-order valence-electron chi connectivity index (χ0n) is 7.47. The maximum atomic E-state index is 3.51. The Bertz CT molecular complexity index is 123. The van der Waals surface area contributed by atoms with Crippen LogP contribution in [0.25, 0.3) is 0 Å². The summed E-state index contributed by atoms with van der Waals surface area (Å²) in [5.74, 6) is 2.07. The van der Waals surface area contributed by atoms with E-state index in [1.165, 1.54) is 38.5 Å². The van der Waals surface area contributed by atoms with Gasteiger partial charge in [0.1, 0.15) is 0 Å². The first kappa shape index (κ1) is 7.60. The van der Waals surface area contributed by atoms with Crippen molar-refractivity contribution in [3.63, 3.8) is 0 Å². The van der Waals surface area contributed by atoms with Gasteiger partial charge in [-0.25, -0.2) is 0 Å². The minimum absolute atomic E-state index is 0.873. The molecule has 2 aliphatic rings. The second kappa shape index (κ2) is 3.14. The van der Waals surface area contributed by atoms with Gasteiger partial charge in [-0.3, -0.25) is 0 Å². The maximum Gasteiger partial charge on any atom is 0.0121 e. The second-order valence-corrected chi connectivity index (χ2v) is 4.20. The lowest BCUT2D eigenvalue weighted by Gasteiger charge is -2.22. The Kier molecular flexibility index (Phi) is 2.17. The van der Waals surface area contributed by atoms with Crippen LogP contribution >= 0.6 is 0 Å². The van der Waals surface area contributed by atoms with Crippen molar-refractivity contribution in [1.82, 2.24) is 5.32 Å². The monoisotopic (exact) mass is 153 g/mol. The van der Waals surface area contributed by atoms with Gasteiger partial charge < -0.3 is 5.32 Å². The molecule has 1 nitrogen and oxygen atoms in total. The molecule has 0 heterocycles. The first-order valence-corrected chi connectivity index (χ1v) is 5.09. The standard InChI is InChI=1S/C10H19N/c1-11-10(9-6-7-9)8-4-2-3-5-8/h8-11H,2-7H2,1H3. The number of rotatable bonds is 3. The van der Waals surface area contributed by atoms with E-state index in [-0.39, 0.29) is 0 Å². The molecule has 2 rings (SSSR count). The highest BCUT2D eigenvalue weighted by molar-refractivity contribution is 4.91. The molecule has 0 amide bonds. The van der Waals surface area contributed by atoms with E-state index in [2.05, 4.69) is 12.4 Å². The van der Waals surface area contributed by atoms with Crippen LogP contribution in [0.1, 0.15) is 38.5 Å². The van der Waals surface area contributed by atoms with Gasteiger partial charge in [-0.05, 0) is 44.6 Å². The third-order valence-corrected chi connectivity index (χ3v) is 3.37. The Hall–Kier alpha value is -0.0400. The van der Waals surface area contributed by atoms with Crippen molar-refractivity contribution in [1.29, 1.82) is 0 Å². The Morgan fingerprint density at radius 1 is 1.00 bits per heavy atom. The molecular weight excluding hydrogens is 134 g/mol. The summed E-state index contributed by atoms with van der Waals surface area (Å²) in [6.45, 7) is 0. The summed E-state index contributed by atoms with van der Waals surface area (Å²) >= 11 is 0. The topological polar surface area (TPSA) is 12.0 Å². The van der Waals surface area contributed by atoms with Crippen LogP contribution < -0.4 is 5.32 Å². The molecular formula is C10H19N. The summed E-state index contributed by atoms with van der Waals surface area (Å²) in [7, 11) is 2.14. The molecule has 1 N–H and O–H groups in total. The fourth-order valence-electron chi connectivity index (χ4n) is 2.63. The fraction of sp³-hybridized carbons (Fsp3) is 1.00. The van der Waals surface area contributed by atoms with Crippen LogP contribution in [0.4, 0.5) is 0 Å². The molecule has 2 saturated carbocycles. The van der Waals surface area contributed by atoms with E-state index in [4.69, 9.17) is 0 Å². The molecule has 1 unspecified atom stereocenters. The lowest BCUT2D eigenvalue weighted by molar-refractivity contribution is 0.344. The Morgan fingerprint density at radius 3 is 2.00 bits per heavy atom. The summed E-state index contributed by atoms with van der Waals surface area (Å²) in [6, 6.07) is 0.873. The van der Waals surface area contributed by atoms with Gasteiger partial charge in [-0.15, -0.1) is 0 Å². The lowest BCUT2D eigenvalue weighted by atomic mass is 9.94. The average Bonchev–Trinajstić information content (AvgIpc) is 2.68. The molecule has 0 aromatic carbocycles. The third kappa shape index (κ3) is 1.58. The molecule has 64 valence electrons. The molecule has 0 radical (unpaired) electrons. The van der Waals surface area contributed by atoms with E-state index < -0.39 is 0 Å². The number of nitrogens with one attached hydrogen (secondary N) is 1. The maximum absolute atomic E-state index is 3.51. The smallest absolute Gasteiger partial charge is 0.0121 e. The highest BCUT2D eigenvalue weighted by atomic mass is 14.9. The molecule has 0 aromatic rings. The van der Waals surface area contributed by atoms with Gasteiger partial charge in [0.25, 0.3) is 0 Å². The highest BCUT2D eigenvalue weighted by Gasteiger charge is 2.36. The molecule has 0 spiro atoms. The van der Waals surface area contributed by atoms with E-state index in [0.29, 0.717) is 0 Å². The molecule has 0 saturated heterocycles. The Balaban J connectivity index is 1.87. The van der Waals surface area contributed by atoms with E-state index in [9.17, 15) is 0 Å². The molecule has 11 heavy (non-hydrogen) atoms. The Labute approximate surface area is 69.6 Å². The minimum Gasteiger partial charge on any atom is -0.316 e. The SMILES string of the molecule is CNC(C1CCCC1)C1CC1. The summed E-state index contributed by atoms with van der Waals surface area (Å²) in [5.41, 5.74) is 0. The fourth-order valence-corrected chi connectivity index (χ4v) is 2.63. The van der Waals surface area contributed by atoms with E-state index >= 15 is 0 Å². The molecule has 2 fully saturated rings. The number of hydrogen-bond donors (Lipinski definition) is 1. The summed E-state index contributed by atoms with van der Waals surface area (Å²) in [6.07, 6.45) is 8.92. The van der Waals surface area contributed by atoms with Crippen LogP contribution in [-0.2, 0) is 0 Å². The quantitative estimate of drug-likeness (QED) is 0.655. The van der Waals surface area contributed by atoms with Gasteiger partial charge in [0.15, 0.2) is 0 Å². The van der Waals surface area contributed by atoms with E-state index in [1.807, 2.05) is 0 Å². The summed E-state index contributed by atoms with van der Waals surface area (Å²) < 4.78 is 0. The van der Waals surface area contributed by atoms with Gasteiger partial charge in [0.05, 0.1) is 0 Å². The predicted octanol–water partition coefficient (Wildman–Crippen LogP) is 2.17. The van der Waals surface area contributed by atoms with Crippen molar-refractivity contribution >= 4 is 0 Å². The molecule has 0 bridgehead atoms. The van der Waals surface area contributed by atoms with Crippen LogP contribution in [0, 0.1) is 11.8 Å². The largest absolute Gasteiger partial charge is 0.316 e. The van der Waals surface area contributed by atoms with Crippen LogP contribution in [0.3, 0.4) is 0 Å². The molecule has 1 atom stereocenters. The van der Waals surface area contributed by atoms with E-state index in [1.54, 1.807) is 0 Å². The highest BCUT2D eigenvalue weighted by Crippen LogP contribution is 2.40. The van der Waals surface area contributed by atoms with Crippen molar-refractivity contribution in [2.45, 2.75) is 44.6 Å². The first-order chi connectivity index (χ1) is 5.42. The van der Waals surface area contributed by atoms with Crippen molar-refractivity contribution in [2.75, 3.05) is 7.05 Å². The summed E-state index contributed by atoms with van der Waals surface area (Å²) in [5, 5.41) is 3.51. The van der Waals surface area contributed by atoms with Gasteiger partial charge in [0, 0.05) is 6.04 Å². The Morgan fingerprint density at radius 2 is 1.55 bits per heavy atom. The molecule has 0 aromatic heterocycles. The van der Waals surface area contributed by atoms with Crippen LogP contribution in [-0.4, -0.2) is 13.1 Å². The molecule has 0 aliphatic heterocycles. The molecule has 1 heteroatoms. The van der Waals surface area contributed by atoms with Crippen molar-refractivity contribution in [3.05, 3.63) is 0 Å². The van der Waals surface area contributed by atoms with Crippen molar-refractivity contribution in [3.8, 4) is 0 Å². The van der Waals surface area contributed by atoms with Crippen LogP contribution in [0.15, 0.2) is 0 Å². The van der Waals surface area contributed by atoms with Crippen molar-refractivity contribution < 1.29 is 0 Å². The third-order valence-electron chi connectivity index (χ3n) is 3.37.